The summed E-state index contributed by atoms with van der Waals surface area (Å²) in [6.45, 7) is 15.3. The van der Waals surface area contributed by atoms with E-state index in [4.69, 9.17) is 14.4 Å². The number of rotatable bonds is 3. The summed E-state index contributed by atoms with van der Waals surface area (Å²) in [5, 5.41) is 2.16. The molecule has 3 aromatic heterocycles. The standard InChI is InChI=1S/C37H36N3O/c1-6-32-28-10-8-7-9-27(28)29-15-12-26-13-16-30-31-14-11-23(4)38-37(31)41-36(30)35(26)34-21-25(19-22(2)3)17-18-40(34)24(5)20-33(29)39-32/h6-11,13-14,16-18,21-22,29,33H,1,5,12,15,19-20H2,2-4H3/q+1. The van der Waals surface area contributed by atoms with Gasteiger partial charge in [0.25, 0.3) is 0 Å². The van der Waals surface area contributed by atoms with Gasteiger partial charge < -0.3 is 4.42 Å². The van der Waals surface area contributed by atoms with Gasteiger partial charge in [-0.05, 0) is 73.6 Å². The smallest absolute Gasteiger partial charge is 0.227 e. The third-order valence-electron chi connectivity index (χ3n) is 8.76. The van der Waals surface area contributed by atoms with Crippen LogP contribution in [0.3, 0.4) is 0 Å². The summed E-state index contributed by atoms with van der Waals surface area (Å²) in [5.41, 5.74) is 12.0. The van der Waals surface area contributed by atoms with Crippen molar-refractivity contribution in [3.63, 3.8) is 0 Å². The zero-order chi connectivity index (χ0) is 28.2. The SMILES string of the molecule is C=CC1=NC2CC(=C)[n+]3ccc(CC(C)C)cc3-c3c(ccc4c3oc3nc(C)ccc34)CCC2c2ccccc21. The Kier molecular flexibility index (Phi) is 6.23. The van der Waals surface area contributed by atoms with Crippen LogP contribution in [0.1, 0.15) is 60.6 Å². The molecule has 2 aromatic carbocycles. The zero-order valence-electron chi connectivity index (χ0n) is 24.2. The second-order valence-electron chi connectivity index (χ2n) is 12.1. The molecule has 0 aliphatic carbocycles. The minimum absolute atomic E-state index is 0.102. The Morgan fingerprint density at radius 2 is 1.90 bits per heavy atom. The summed E-state index contributed by atoms with van der Waals surface area (Å²) in [6, 6.07) is 22.1. The molecule has 0 bridgehead atoms. The summed E-state index contributed by atoms with van der Waals surface area (Å²) in [7, 11) is 0. The van der Waals surface area contributed by atoms with E-state index in [1.807, 2.05) is 13.0 Å². The fourth-order valence-corrected chi connectivity index (χ4v) is 6.90. The van der Waals surface area contributed by atoms with Crippen LogP contribution >= 0.6 is 0 Å². The van der Waals surface area contributed by atoms with E-state index >= 15 is 0 Å². The highest BCUT2D eigenvalue weighted by Gasteiger charge is 2.35. The van der Waals surface area contributed by atoms with Crippen LogP contribution in [-0.4, -0.2) is 16.7 Å². The molecule has 7 rings (SSSR count). The van der Waals surface area contributed by atoms with Crippen LogP contribution in [-0.2, 0) is 12.8 Å². The number of pyridine rings is 2. The first-order valence-corrected chi connectivity index (χ1v) is 14.8. The topological polar surface area (TPSA) is 42.3 Å². The molecule has 0 fully saturated rings. The van der Waals surface area contributed by atoms with E-state index in [0.29, 0.717) is 11.6 Å². The molecule has 4 heteroatoms. The van der Waals surface area contributed by atoms with Crippen molar-refractivity contribution in [2.45, 2.75) is 58.4 Å². The van der Waals surface area contributed by atoms with E-state index in [-0.39, 0.29) is 12.0 Å². The van der Waals surface area contributed by atoms with Gasteiger partial charge in [-0.3, -0.25) is 4.99 Å². The fraction of sp³-hybridized carbons (Fsp3) is 0.270. The van der Waals surface area contributed by atoms with Crippen molar-refractivity contribution in [2.75, 3.05) is 0 Å². The first-order chi connectivity index (χ1) is 19.9. The molecule has 5 aromatic rings. The third-order valence-corrected chi connectivity index (χ3v) is 8.76. The number of hydrogen-bond acceptors (Lipinski definition) is 3. The molecular formula is C37H36N3O+. The summed E-state index contributed by atoms with van der Waals surface area (Å²) in [6.07, 6.45) is 7.80. The van der Waals surface area contributed by atoms with Crippen LogP contribution in [0.4, 0.5) is 0 Å². The van der Waals surface area contributed by atoms with Gasteiger partial charge in [0.15, 0.2) is 17.5 Å². The lowest BCUT2D eigenvalue weighted by atomic mass is 9.78. The molecule has 0 radical (unpaired) electrons. The Labute approximate surface area is 241 Å². The van der Waals surface area contributed by atoms with Gasteiger partial charge in [-0.1, -0.05) is 56.8 Å². The Hall–Kier alpha value is -4.31. The molecule has 0 saturated carbocycles. The van der Waals surface area contributed by atoms with Crippen molar-refractivity contribution < 1.29 is 8.98 Å². The Balaban J connectivity index is 1.48. The lowest BCUT2D eigenvalue weighted by Gasteiger charge is -2.32. The Bertz CT molecular complexity index is 1890. The molecule has 0 N–H and O–H groups in total. The van der Waals surface area contributed by atoms with Crippen molar-refractivity contribution in [1.82, 2.24) is 4.98 Å². The number of fused-ring (bicyclic) bond motifs is 10. The van der Waals surface area contributed by atoms with Gasteiger partial charge in [0, 0.05) is 40.1 Å². The zero-order valence-corrected chi connectivity index (χ0v) is 24.2. The normalized spacial score (nSPS) is 18.4. The Morgan fingerprint density at radius 3 is 2.73 bits per heavy atom. The highest BCUT2D eigenvalue weighted by Crippen LogP contribution is 2.42. The van der Waals surface area contributed by atoms with E-state index < -0.39 is 0 Å². The first-order valence-electron chi connectivity index (χ1n) is 14.8. The van der Waals surface area contributed by atoms with Crippen LogP contribution in [0.15, 0.2) is 95.5 Å². The minimum Gasteiger partial charge on any atom is -0.437 e. The lowest BCUT2D eigenvalue weighted by Crippen LogP contribution is -2.38. The monoisotopic (exact) mass is 538 g/mol. The Morgan fingerprint density at radius 1 is 1.07 bits per heavy atom. The highest BCUT2D eigenvalue weighted by atomic mass is 16.3. The average Bonchev–Trinajstić information content (AvgIpc) is 3.32. The van der Waals surface area contributed by atoms with Gasteiger partial charge in [0.2, 0.25) is 11.4 Å². The molecule has 2 aliphatic heterocycles. The molecule has 5 heterocycles. The van der Waals surface area contributed by atoms with Gasteiger partial charge in [-0.2, -0.15) is 4.57 Å². The highest BCUT2D eigenvalue weighted by molar-refractivity contribution is 6.10. The van der Waals surface area contributed by atoms with Crippen LogP contribution in [0.5, 0.6) is 0 Å². The number of furan rings is 1. The predicted molar refractivity (Wildman–Crippen MR) is 168 cm³/mol. The van der Waals surface area contributed by atoms with Crippen LogP contribution in [0.25, 0.3) is 39.0 Å². The number of aliphatic imine (C=N–C) groups is 1. The second kappa shape index (κ2) is 9.95. The maximum Gasteiger partial charge on any atom is 0.227 e. The quantitative estimate of drug-likeness (QED) is 0.217. The van der Waals surface area contributed by atoms with Crippen molar-refractivity contribution in [1.29, 1.82) is 0 Å². The fourth-order valence-electron chi connectivity index (χ4n) is 6.90. The van der Waals surface area contributed by atoms with Crippen molar-refractivity contribution in [3.8, 4) is 11.3 Å². The van der Waals surface area contributed by atoms with E-state index in [2.05, 4.69) is 98.4 Å². The number of allylic oxidation sites excluding steroid dienone is 1. The van der Waals surface area contributed by atoms with Crippen LogP contribution in [0.2, 0.25) is 0 Å². The summed E-state index contributed by atoms with van der Waals surface area (Å²) >= 11 is 0. The molecule has 2 aliphatic rings. The number of aryl methyl sites for hydroxylation is 2. The van der Waals surface area contributed by atoms with E-state index in [1.165, 1.54) is 22.3 Å². The molecule has 0 saturated heterocycles. The van der Waals surface area contributed by atoms with Gasteiger partial charge in [0.05, 0.1) is 23.7 Å². The largest absolute Gasteiger partial charge is 0.437 e. The van der Waals surface area contributed by atoms with Crippen molar-refractivity contribution in [3.05, 3.63) is 114 Å². The van der Waals surface area contributed by atoms with E-state index in [1.54, 1.807) is 0 Å². The molecule has 2 unspecified atom stereocenters. The minimum atomic E-state index is 0.102. The van der Waals surface area contributed by atoms with Gasteiger partial charge in [-0.25, -0.2) is 4.98 Å². The van der Waals surface area contributed by atoms with Crippen molar-refractivity contribution >= 4 is 33.5 Å². The maximum absolute atomic E-state index is 6.62. The molecule has 2 atom stereocenters. The number of nitrogens with zero attached hydrogens (tertiary/aromatic N) is 3. The molecule has 0 spiro atoms. The number of hydrogen-bond donors (Lipinski definition) is 0. The molecule has 41 heavy (non-hydrogen) atoms. The lowest BCUT2D eigenvalue weighted by molar-refractivity contribution is -0.571. The first kappa shape index (κ1) is 25.6. The van der Waals surface area contributed by atoms with E-state index in [0.717, 1.165) is 70.4 Å². The van der Waals surface area contributed by atoms with Crippen LogP contribution in [0, 0.1) is 12.8 Å². The molecule has 4 nitrogen and oxygen atoms in total. The third kappa shape index (κ3) is 4.33. The predicted octanol–water partition coefficient (Wildman–Crippen LogP) is 8.39. The summed E-state index contributed by atoms with van der Waals surface area (Å²) in [5.74, 6) is 0.849. The molecule has 204 valence electrons. The molecular weight excluding hydrogens is 502 g/mol. The van der Waals surface area contributed by atoms with Gasteiger partial charge in [-0.15, -0.1) is 0 Å². The van der Waals surface area contributed by atoms with Crippen LogP contribution < -0.4 is 4.57 Å². The summed E-state index contributed by atoms with van der Waals surface area (Å²) < 4.78 is 8.90. The summed E-state index contributed by atoms with van der Waals surface area (Å²) in [4.78, 5) is 10.0. The number of aromatic nitrogens is 2. The van der Waals surface area contributed by atoms with E-state index in [9.17, 15) is 0 Å². The average molecular weight is 539 g/mol. The van der Waals surface area contributed by atoms with Gasteiger partial charge >= 0.3 is 0 Å². The molecule has 0 amide bonds. The second-order valence-corrected chi connectivity index (χ2v) is 12.1. The van der Waals surface area contributed by atoms with Gasteiger partial charge in [0.1, 0.15) is 0 Å². The van der Waals surface area contributed by atoms with Crippen molar-refractivity contribution in [2.24, 2.45) is 10.9 Å². The maximum atomic E-state index is 6.62. The number of benzene rings is 2.